The predicted molar refractivity (Wildman–Crippen MR) is 94.2 cm³/mol. The Morgan fingerprint density at radius 3 is 2.65 bits per heavy atom. The molecule has 0 saturated carbocycles. The fraction of sp³-hybridized carbons (Fsp3) is 0.150. The molecule has 1 heterocycles. The minimum atomic E-state index is 0.666. The van der Waals surface area contributed by atoms with Crippen molar-refractivity contribution in [3.8, 4) is 5.75 Å². The van der Waals surface area contributed by atoms with Gasteiger partial charge in [-0.15, -0.1) is 0 Å². The average molecular weight is 305 g/mol. The van der Waals surface area contributed by atoms with Gasteiger partial charge in [-0.2, -0.15) is 0 Å². The lowest BCUT2D eigenvalue weighted by molar-refractivity contribution is 0.343. The third-order valence-corrected chi connectivity index (χ3v) is 3.58. The molecule has 116 valence electrons. The third-order valence-electron chi connectivity index (χ3n) is 3.58. The van der Waals surface area contributed by atoms with Gasteiger partial charge in [0.1, 0.15) is 11.4 Å². The first-order chi connectivity index (χ1) is 11.4. The first-order valence-electron chi connectivity index (χ1n) is 7.64. The Hall–Kier alpha value is -2.81. The molecule has 0 N–H and O–H groups in total. The molecule has 23 heavy (non-hydrogen) atoms. The zero-order chi connectivity index (χ0) is 15.9. The Balaban J connectivity index is 1.81. The zero-order valence-corrected chi connectivity index (χ0v) is 13.1. The van der Waals surface area contributed by atoms with Gasteiger partial charge >= 0.3 is 0 Å². The van der Waals surface area contributed by atoms with Crippen LogP contribution in [0.4, 0.5) is 5.69 Å². The number of hydrogen-bond donors (Lipinski definition) is 0. The number of methoxy groups -OCH3 is 1. The highest BCUT2D eigenvalue weighted by molar-refractivity contribution is 5.97. The quantitative estimate of drug-likeness (QED) is 0.813. The second kappa shape index (κ2) is 7.45. The molecule has 2 aromatic rings. The Kier molecular flexibility index (Phi) is 4.89. The fourth-order valence-corrected chi connectivity index (χ4v) is 2.39. The van der Waals surface area contributed by atoms with Gasteiger partial charge in [0.05, 0.1) is 13.7 Å². The lowest BCUT2D eigenvalue weighted by Gasteiger charge is -2.05. The van der Waals surface area contributed by atoms with Gasteiger partial charge in [0.2, 0.25) is 5.90 Å². The molecular weight excluding hydrogens is 286 g/mol. The van der Waals surface area contributed by atoms with Crippen LogP contribution in [0.25, 0.3) is 6.08 Å². The smallest absolute Gasteiger partial charge is 0.217 e. The van der Waals surface area contributed by atoms with E-state index in [1.165, 1.54) is 5.56 Å². The van der Waals surface area contributed by atoms with Crippen molar-refractivity contribution in [2.75, 3.05) is 13.7 Å². The highest BCUT2D eigenvalue weighted by Crippen LogP contribution is 2.29. The van der Waals surface area contributed by atoms with Crippen molar-refractivity contribution in [2.45, 2.75) is 6.42 Å². The van der Waals surface area contributed by atoms with Gasteiger partial charge in [-0.1, -0.05) is 60.7 Å². The molecule has 2 aromatic carbocycles. The lowest BCUT2D eigenvalue weighted by atomic mass is 10.1. The lowest BCUT2D eigenvalue weighted by Crippen LogP contribution is -1.96. The molecule has 1 aliphatic heterocycles. The van der Waals surface area contributed by atoms with Crippen LogP contribution in [0.1, 0.15) is 12.0 Å². The summed E-state index contributed by atoms with van der Waals surface area (Å²) < 4.78 is 11.0. The zero-order valence-electron chi connectivity index (χ0n) is 13.1. The van der Waals surface area contributed by atoms with Crippen LogP contribution in [0.3, 0.4) is 0 Å². The normalized spacial score (nSPS) is 17.8. The summed E-state index contributed by atoms with van der Waals surface area (Å²) in [6, 6.07) is 17.9. The fourth-order valence-electron chi connectivity index (χ4n) is 2.39. The molecule has 1 aliphatic rings. The van der Waals surface area contributed by atoms with Gasteiger partial charge in [0.15, 0.2) is 0 Å². The number of hydrogen-bond acceptors (Lipinski definition) is 3. The van der Waals surface area contributed by atoms with E-state index in [4.69, 9.17) is 9.47 Å². The topological polar surface area (TPSA) is 30.8 Å². The Labute approximate surface area is 136 Å². The number of rotatable bonds is 4. The van der Waals surface area contributed by atoms with E-state index >= 15 is 0 Å². The van der Waals surface area contributed by atoms with E-state index in [1.54, 1.807) is 7.11 Å². The number of para-hydroxylation sites is 2. The van der Waals surface area contributed by atoms with Crippen molar-refractivity contribution in [1.29, 1.82) is 0 Å². The summed E-state index contributed by atoms with van der Waals surface area (Å²) in [4.78, 5) is 4.60. The van der Waals surface area contributed by atoms with Crippen LogP contribution in [-0.4, -0.2) is 19.6 Å². The molecule has 0 spiro atoms. The Bertz CT molecular complexity index is 745. The van der Waals surface area contributed by atoms with E-state index < -0.39 is 0 Å². The van der Waals surface area contributed by atoms with Crippen molar-refractivity contribution in [2.24, 2.45) is 4.99 Å². The van der Waals surface area contributed by atoms with Gasteiger partial charge in [0, 0.05) is 12.0 Å². The van der Waals surface area contributed by atoms with Gasteiger partial charge in [0.25, 0.3) is 0 Å². The molecule has 0 bridgehead atoms. The maximum Gasteiger partial charge on any atom is 0.217 e. The van der Waals surface area contributed by atoms with Crippen LogP contribution in [0.2, 0.25) is 0 Å². The molecule has 0 amide bonds. The van der Waals surface area contributed by atoms with Crippen molar-refractivity contribution < 1.29 is 9.47 Å². The summed E-state index contributed by atoms with van der Waals surface area (Å²) >= 11 is 0. The van der Waals surface area contributed by atoms with Gasteiger partial charge in [-0.05, 0) is 17.7 Å². The molecule has 3 rings (SSSR count). The summed E-state index contributed by atoms with van der Waals surface area (Å²) in [6.45, 7) is 0.666. The maximum absolute atomic E-state index is 5.66. The molecular formula is C20H19NO2. The number of benzene rings is 2. The Morgan fingerprint density at radius 1 is 1.04 bits per heavy atom. The molecule has 0 aromatic heterocycles. The summed E-state index contributed by atoms with van der Waals surface area (Å²) in [5, 5.41) is 0. The second-order valence-electron chi connectivity index (χ2n) is 5.15. The molecule has 3 heteroatoms. The summed E-state index contributed by atoms with van der Waals surface area (Å²) in [5.41, 5.74) is 3.06. The minimum absolute atomic E-state index is 0.666. The highest BCUT2D eigenvalue weighted by Gasteiger charge is 2.17. The van der Waals surface area contributed by atoms with E-state index in [-0.39, 0.29) is 0 Å². The van der Waals surface area contributed by atoms with E-state index in [1.807, 2.05) is 48.5 Å². The standard InChI is InChI=1S/C20H19NO2/c1-22-19-13-6-5-12-18(19)21-20-17(14-15-23-20)11-7-10-16-8-3-2-4-9-16/h2-13H,14-15H2,1H3/b10-7+,17-11+,21-20?. The van der Waals surface area contributed by atoms with Gasteiger partial charge in [-0.25, -0.2) is 4.99 Å². The first-order valence-corrected chi connectivity index (χ1v) is 7.64. The predicted octanol–water partition coefficient (Wildman–Crippen LogP) is 4.79. The average Bonchev–Trinajstić information content (AvgIpc) is 3.03. The molecule has 3 nitrogen and oxygen atoms in total. The molecule has 1 saturated heterocycles. The van der Waals surface area contributed by atoms with Crippen molar-refractivity contribution in [3.63, 3.8) is 0 Å². The number of ether oxygens (including phenoxy) is 2. The van der Waals surface area contributed by atoms with E-state index in [0.717, 1.165) is 23.4 Å². The van der Waals surface area contributed by atoms with Gasteiger partial charge in [-0.3, -0.25) is 0 Å². The summed E-state index contributed by atoms with van der Waals surface area (Å²) in [6.07, 6.45) is 7.05. The number of nitrogens with zero attached hydrogens (tertiary/aromatic N) is 1. The monoisotopic (exact) mass is 305 g/mol. The van der Waals surface area contributed by atoms with E-state index in [9.17, 15) is 0 Å². The van der Waals surface area contributed by atoms with Crippen molar-refractivity contribution >= 4 is 17.7 Å². The van der Waals surface area contributed by atoms with Crippen molar-refractivity contribution in [3.05, 3.63) is 77.9 Å². The molecule has 0 unspecified atom stereocenters. The van der Waals surface area contributed by atoms with Gasteiger partial charge < -0.3 is 9.47 Å². The van der Waals surface area contributed by atoms with Crippen LogP contribution < -0.4 is 4.74 Å². The summed E-state index contributed by atoms with van der Waals surface area (Å²) in [5.74, 6) is 1.42. The van der Waals surface area contributed by atoms with E-state index in [0.29, 0.717) is 12.5 Å². The second-order valence-corrected chi connectivity index (χ2v) is 5.15. The SMILES string of the molecule is COc1ccccc1N=C1OCC/C1=C\C=C\c1ccccc1. The van der Waals surface area contributed by atoms with E-state index in [2.05, 4.69) is 29.3 Å². The van der Waals surface area contributed by atoms with Crippen LogP contribution in [0.5, 0.6) is 5.75 Å². The van der Waals surface area contributed by atoms with Crippen molar-refractivity contribution in [1.82, 2.24) is 0 Å². The third kappa shape index (κ3) is 3.89. The molecule has 0 aliphatic carbocycles. The first kappa shape index (κ1) is 15.1. The largest absolute Gasteiger partial charge is 0.494 e. The number of aliphatic imine (C=N–C) groups is 1. The number of allylic oxidation sites excluding steroid dienone is 2. The van der Waals surface area contributed by atoms with Crippen LogP contribution in [-0.2, 0) is 4.74 Å². The molecule has 1 fully saturated rings. The van der Waals surface area contributed by atoms with Crippen LogP contribution >= 0.6 is 0 Å². The maximum atomic E-state index is 5.66. The minimum Gasteiger partial charge on any atom is -0.494 e. The molecule has 0 radical (unpaired) electrons. The molecule has 0 atom stereocenters. The van der Waals surface area contributed by atoms with Crippen LogP contribution in [0, 0.1) is 0 Å². The van der Waals surface area contributed by atoms with Crippen LogP contribution in [0.15, 0.2) is 77.3 Å². The Morgan fingerprint density at radius 2 is 1.83 bits per heavy atom. The summed E-state index contributed by atoms with van der Waals surface area (Å²) in [7, 11) is 1.65. The highest BCUT2D eigenvalue weighted by atomic mass is 16.5.